The van der Waals surface area contributed by atoms with Gasteiger partial charge in [0.1, 0.15) is 6.04 Å². The van der Waals surface area contributed by atoms with Gasteiger partial charge in [-0.05, 0) is 62.3 Å². The zero-order valence-electron chi connectivity index (χ0n) is 23.3. The Morgan fingerprint density at radius 3 is 2.49 bits per heavy atom. The minimum absolute atomic E-state index is 0.149. The molecule has 2 N–H and O–H groups in total. The summed E-state index contributed by atoms with van der Waals surface area (Å²) in [6.45, 7) is 7.60. The Kier molecular flexibility index (Phi) is 9.23. The van der Waals surface area contributed by atoms with Crippen molar-refractivity contribution in [2.75, 3.05) is 18.5 Å². The van der Waals surface area contributed by atoms with E-state index in [-0.39, 0.29) is 30.9 Å². The number of amides is 2. The molecule has 2 aromatic rings. The van der Waals surface area contributed by atoms with Gasteiger partial charge in [0.2, 0.25) is 11.8 Å². The van der Waals surface area contributed by atoms with E-state index >= 15 is 0 Å². The molecule has 2 aromatic carbocycles. The summed E-state index contributed by atoms with van der Waals surface area (Å²) in [6, 6.07) is 14.0. The van der Waals surface area contributed by atoms with Gasteiger partial charge in [0, 0.05) is 11.6 Å². The van der Waals surface area contributed by atoms with Crippen molar-refractivity contribution in [1.82, 2.24) is 4.90 Å². The van der Waals surface area contributed by atoms with Crippen LogP contribution in [0.4, 0.5) is 5.69 Å². The number of aryl methyl sites for hydroxylation is 2. The first-order valence-corrected chi connectivity index (χ1v) is 14.0. The monoisotopic (exact) mass is 532 g/mol. The lowest BCUT2D eigenvalue weighted by atomic mass is 9.69. The molecule has 7 nitrogen and oxygen atoms in total. The SMILES string of the molecule is CCC[C@@H]1C=C[C@H]2[C@@H](C(=O)N([C@@H](CO)Cc3ccccc3)[C@@H]2C(=O)Nc2cc(C)ccc2C)[C@@H]1C(=O)OCC. The minimum atomic E-state index is -0.876. The number of carbonyl (C=O) groups is 3. The van der Waals surface area contributed by atoms with Gasteiger partial charge in [0.25, 0.3) is 0 Å². The van der Waals surface area contributed by atoms with Gasteiger partial charge in [-0.2, -0.15) is 0 Å². The molecular weight excluding hydrogens is 492 g/mol. The second kappa shape index (κ2) is 12.6. The summed E-state index contributed by atoms with van der Waals surface area (Å²) < 4.78 is 5.46. The largest absolute Gasteiger partial charge is 0.466 e. The van der Waals surface area contributed by atoms with Gasteiger partial charge in [-0.3, -0.25) is 14.4 Å². The molecule has 39 heavy (non-hydrogen) atoms. The number of hydrogen-bond acceptors (Lipinski definition) is 5. The number of anilines is 1. The van der Waals surface area contributed by atoms with E-state index in [0.717, 1.165) is 29.5 Å². The molecule has 0 spiro atoms. The fourth-order valence-electron chi connectivity index (χ4n) is 6.22. The lowest BCUT2D eigenvalue weighted by molar-refractivity contribution is -0.156. The van der Waals surface area contributed by atoms with Gasteiger partial charge in [-0.15, -0.1) is 0 Å². The van der Waals surface area contributed by atoms with Crippen molar-refractivity contribution in [3.8, 4) is 0 Å². The molecule has 4 rings (SSSR count). The van der Waals surface area contributed by atoms with Crippen LogP contribution >= 0.6 is 0 Å². The molecular formula is C32H40N2O5. The first-order chi connectivity index (χ1) is 18.8. The Labute approximate surface area is 231 Å². The van der Waals surface area contributed by atoms with Crippen LogP contribution in [0.15, 0.2) is 60.7 Å². The maximum atomic E-state index is 14.3. The maximum Gasteiger partial charge on any atom is 0.310 e. The predicted octanol–water partition coefficient (Wildman–Crippen LogP) is 4.45. The maximum absolute atomic E-state index is 14.3. The number of rotatable bonds is 10. The van der Waals surface area contributed by atoms with Crippen molar-refractivity contribution in [3.05, 3.63) is 77.4 Å². The highest BCUT2D eigenvalue weighted by Crippen LogP contribution is 2.46. The van der Waals surface area contributed by atoms with Gasteiger partial charge in [-0.25, -0.2) is 0 Å². The Morgan fingerprint density at radius 1 is 1.08 bits per heavy atom. The molecule has 0 aromatic heterocycles. The number of hydrogen-bond donors (Lipinski definition) is 2. The molecule has 0 saturated carbocycles. The number of fused-ring (bicyclic) bond motifs is 1. The zero-order chi connectivity index (χ0) is 28.1. The highest BCUT2D eigenvalue weighted by atomic mass is 16.5. The summed E-state index contributed by atoms with van der Waals surface area (Å²) >= 11 is 0. The molecule has 7 heteroatoms. The predicted molar refractivity (Wildman–Crippen MR) is 151 cm³/mol. The first-order valence-electron chi connectivity index (χ1n) is 14.0. The van der Waals surface area contributed by atoms with E-state index in [1.807, 2.05) is 81.5 Å². The molecule has 0 bridgehead atoms. The van der Waals surface area contributed by atoms with Gasteiger partial charge in [0.15, 0.2) is 0 Å². The summed E-state index contributed by atoms with van der Waals surface area (Å²) in [7, 11) is 0. The van der Waals surface area contributed by atoms with Crippen LogP contribution in [0, 0.1) is 37.5 Å². The summed E-state index contributed by atoms with van der Waals surface area (Å²) in [5, 5.41) is 13.6. The van der Waals surface area contributed by atoms with Crippen LogP contribution in [0.1, 0.15) is 43.4 Å². The molecule has 1 aliphatic carbocycles. The number of aliphatic hydroxyl groups excluding tert-OH is 1. The van der Waals surface area contributed by atoms with Crippen LogP contribution in [-0.4, -0.2) is 53.1 Å². The van der Waals surface area contributed by atoms with Crippen LogP contribution in [0.25, 0.3) is 0 Å². The fraction of sp³-hybridized carbons (Fsp3) is 0.469. The quantitative estimate of drug-likeness (QED) is 0.348. The van der Waals surface area contributed by atoms with Crippen molar-refractivity contribution in [2.45, 2.75) is 59.0 Å². The number of likely N-dealkylation sites (tertiary alicyclic amines) is 1. The number of allylic oxidation sites excluding steroid dienone is 1. The average Bonchev–Trinajstić information content (AvgIpc) is 3.22. The molecule has 0 unspecified atom stereocenters. The van der Waals surface area contributed by atoms with E-state index in [9.17, 15) is 19.5 Å². The fourth-order valence-corrected chi connectivity index (χ4v) is 6.22. The molecule has 6 atom stereocenters. The molecule has 2 aliphatic rings. The molecule has 1 aliphatic heterocycles. The van der Waals surface area contributed by atoms with Gasteiger partial charge in [-0.1, -0.05) is 68.0 Å². The van der Waals surface area contributed by atoms with Crippen LogP contribution in [0.5, 0.6) is 0 Å². The van der Waals surface area contributed by atoms with E-state index in [2.05, 4.69) is 5.32 Å². The van der Waals surface area contributed by atoms with Crippen molar-refractivity contribution < 1.29 is 24.2 Å². The summed E-state index contributed by atoms with van der Waals surface area (Å²) in [5.41, 5.74) is 3.56. The Balaban J connectivity index is 1.77. The van der Waals surface area contributed by atoms with Gasteiger partial charge >= 0.3 is 5.97 Å². The topological polar surface area (TPSA) is 95.9 Å². The van der Waals surface area contributed by atoms with Crippen molar-refractivity contribution in [1.29, 1.82) is 0 Å². The number of esters is 1. The van der Waals surface area contributed by atoms with Gasteiger partial charge < -0.3 is 20.1 Å². The van der Waals surface area contributed by atoms with Crippen molar-refractivity contribution >= 4 is 23.5 Å². The molecule has 2 amide bonds. The lowest BCUT2D eigenvalue weighted by Crippen LogP contribution is -2.51. The summed E-state index contributed by atoms with van der Waals surface area (Å²) in [4.78, 5) is 43.1. The van der Waals surface area contributed by atoms with E-state index in [4.69, 9.17) is 4.74 Å². The second-order valence-electron chi connectivity index (χ2n) is 10.7. The van der Waals surface area contributed by atoms with Crippen LogP contribution in [0.3, 0.4) is 0 Å². The summed E-state index contributed by atoms with van der Waals surface area (Å²) in [5.74, 6) is -3.08. The van der Waals surface area contributed by atoms with E-state index < -0.39 is 35.8 Å². The smallest absolute Gasteiger partial charge is 0.310 e. The standard InChI is InChI=1S/C32H40N2O5/c1-5-10-23-15-16-25-28(27(23)32(38)39-6-2)31(37)34(24(19-35)18-22-11-8-7-9-12-22)29(25)30(36)33-26-17-20(3)13-14-21(26)4/h7-9,11-17,23-25,27-29,35H,5-6,10,18-19H2,1-4H3,(H,33,36)/t23-,24-,25+,27-,28-,29+/m1/s1. The number of nitrogens with one attached hydrogen (secondary N) is 1. The third-order valence-electron chi connectivity index (χ3n) is 8.07. The Hall–Kier alpha value is -3.45. The Bertz CT molecular complexity index is 1210. The number of ether oxygens (including phenoxy) is 1. The lowest BCUT2D eigenvalue weighted by Gasteiger charge is -2.34. The number of benzene rings is 2. The minimum Gasteiger partial charge on any atom is -0.466 e. The Morgan fingerprint density at radius 2 is 1.82 bits per heavy atom. The zero-order valence-corrected chi connectivity index (χ0v) is 23.3. The molecule has 0 radical (unpaired) electrons. The second-order valence-corrected chi connectivity index (χ2v) is 10.7. The molecule has 1 heterocycles. The third kappa shape index (κ3) is 5.93. The highest BCUT2D eigenvalue weighted by molar-refractivity contribution is 6.02. The highest BCUT2D eigenvalue weighted by Gasteiger charge is 2.58. The van der Waals surface area contributed by atoms with E-state index in [0.29, 0.717) is 12.1 Å². The number of nitrogens with zero attached hydrogens (tertiary/aromatic N) is 1. The third-order valence-corrected chi connectivity index (χ3v) is 8.07. The van der Waals surface area contributed by atoms with Crippen molar-refractivity contribution in [3.63, 3.8) is 0 Å². The van der Waals surface area contributed by atoms with Crippen LogP contribution in [-0.2, 0) is 25.5 Å². The first kappa shape index (κ1) is 28.6. The van der Waals surface area contributed by atoms with Crippen LogP contribution < -0.4 is 5.32 Å². The van der Waals surface area contributed by atoms with Gasteiger partial charge in [0.05, 0.1) is 31.1 Å². The van der Waals surface area contributed by atoms with Crippen LogP contribution in [0.2, 0.25) is 0 Å². The number of carbonyl (C=O) groups excluding carboxylic acids is 3. The average molecular weight is 533 g/mol. The molecule has 1 saturated heterocycles. The summed E-state index contributed by atoms with van der Waals surface area (Å²) in [6.07, 6.45) is 5.92. The molecule has 1 fully saturated rings. The van der Waals surface area contributed by atoms with E-state index in [1.165, 1.54) is 0 Å². The van der Waals surface area contributed by atoms with Crippen molar-refractivity contribution in [2.24, 2.45) is 23.7 Å². The molecule has 208 valence electrons. The van der Waals surface area contributed by atoms with E-state index in [1.54, 1.807) is 11.8 Å². The normalized spacial score (nSPS) is 24.8. The number of aliphatic hydroxyl groups is 1.